The first-order valence-electron chi connectivity index (χ1n) is 10.2. The highest BCUT2D eigenvalue weighted by Crippen LogP contribution is 2.44. The molecular weight excluding hydrogens is 360 g/mol. The van der Waals surface area contributed by atoms with Gasteiger partial charge in [-0.2, -0.15) is 0 Å². The molecule has 148 valence electrons. The highest BCUT2D eigenvalue weighted by Gasteiger charge is 2.39. The molecule has 0 bridgehead atoms. The van der Waals surface area contributed by atoms with E-state index in [-0.39, 0.29) is 11.8 Å². The summed E-state index contributed by atoms with van der Waals surface area (Å²) in [4.78, 5) is 15.0. The first-order chi connectivity index (χ1) is 14.3. The van der Waals surface area contributed by atoms with E-state index in [1.165, 1.54) is 0 Å². The Morgan fingerprint density at radius 2 is 1.34 bits per heavy atom. The molecule has 1 fully saturated rings. The van der Waals surface area contributed by atoms with Crippen LogP contribution in [0.2, 0.25) is 0 Å². The smallest absolute Gasteiger partial charge is 0.234 e. The van der Waals surface area contributed by atoms with Gasteiger partial charge in [0.2, 0.25) is 5.91 Å². The van der Waals surface area contributed by atoms with Gasteiger partial charge in [0.15, 0.2) is 0 Å². The van der Waals surface area contributed by atoms with Crippen molar-refractivity contribution in [2.45, 2.75) is 18.9 Å². The number of amides is 1. The Kier molecular flexibility index (Phi) is 5.92. The van der Waals surface area contributed by atoms with Crippen molar-refractivity contribution in [1.82, 2.24) is 10.2 Å². The number of nitrogens with one attached hydrogen (secondary N) is 1. The second-order valence-corrected chi connectivity index (χ2v) is 7.26. The minimum absolute atomic E-state index is 0.169. The Morgan fingerprint density at radius 3 is 1.83 bits per heavy atom. The maximum Gasteiger partial charge on any atom is 0.234 e. The average Bonchev–Trinajstić information content (AvgIpc) is 2.75. The molecular formula is C25H26N2O2. The van der Waals surface area contributed by atoms with E-state index in [0.717, 1.165) is 42.3 Å². The Bertz CT molecular complexity index is 880. The maximum absolute atomic E-state index is 13.1. The van der Waals surface area contributed by atoms with Gasteiger partial charge in [-0.3, -0.25) is 4.79 Å². The molecule has 3 aromatic rings. The quantitative estimate of drug-likeness (QED) is 0.724. The molecule has 2 heterocycles. The first kappa shape index (κ1) is 19.2. The van der Waals surface area contributed by atoms with E-state index < -0.39 is 0 Å². The number of ether oxygens (including phenoxy) is 1. The number of rotatable bonds is 3. The molecule has 0 aromatic heterocycles. The van der Waals surface area contributed by atoms with Crippen LogP contribution < -0.4 is 10.1 Å². The first-order valence-corrected chi connectivity index (χ1v) is 10.2. The number of likely N-dealkylation sites (N-methyl/N-ethyl adjacent to an activating group) is 1. The zero-order chi connectivity index (χ0) is 20.1. The van der Waals surface area contributed by atoms with Gasteiger partial charge in [-0.25, -0.2) is 0 Å². The van der Waals surface area contributed by atoms with Crippen molar-refractivity contribution < 1.29 is 9.53 Å². The lowest BCUT2D eigenvalue weighted by Gasteiger charge is -2.42. The Morgan fingerprint density at radius 1 is 0.862 bits per heavy atom. The molecule has 0 unspecified atom stereocenters. The Hall–Kier alpha value is -3.11. The van der Waals surface area contributed by atoms with E-state index in [1.54, 1.807) is 0 Å². The summed E-state index contributed by atoms with van der Waals surface area (Å²) in [5, 5.41) is 3.39. The molecule has 1 saturated heterocycles. The number of para-hydroxylation sites is 2. The van der Waals surface area contributed by atoms with Crippen LogP contribution in [0.4, 0.5) is 0 Å². The van der Waals surface area contributed by atoms with Gasteiger partial charge in [0, 0.05) is 30.3 Å². The predicted octanol–water partition coefficient (Wildman–Crippen LogP) is 4.43. The van der Waals surface area contributed by atoms with E-state index in [1.807, 2.05) is 89.8 Å². The molecule has 0 saturated carbocycles. The van der Waals surface area contributed by atoms with Crippen LogP contribution in [0.3, 0.4) is 0 Å². The second kappa shape index (κ2) is 8.93. The molecule has 4 nitrogen and oxygen atoms in total. The highest BCUT2D eigenvalue weighted by atomic mass is 16.5. The van der Waals surface area contributed by atoms with E-state index in [2.05, 4.69) is 12.2 Å². The second-order valence-electron chi connectivity index (χ2n) is 7.26. The third kappa shape index (κ3) is 4.17. The number of carbonyl (C=O) groups is 1. The zero-order valence-corrected chi connectivity index (χ0v) is 16.6. The van der Waals surface area contributed by atoms with Gasteiger partial charge in [0.05, 0.1) is 5.92 Å². The number of hydrogen-bond acceptors (Lipinski definition) is 3. The molecule has 0 aliphatic carbocycles. The molecule has 1 N–H and O–H groups in total. The predicted molar refractivity (Wildman–Crippen MR) is 115 cm³/mol. The molecule has 0 atom stereocenters. The van der Waals surface area contributed by atoms with Crippen molar-refractivity contribution in [3.05, 3.63) is 96.1 Å². The molecule has 2 aliphatic rings. The van der Waals surface area contributed by atoms with Gasteiger partial charge in [0.1, 0.15) is 11.5 Å². The van der Waals surface area contributed by atoms with Gasteiger partial charge in [-0.1, -0.05) is 79.7 Å². The third-order valence-corrected chi connectivity index (χ3v) is 5.28. The fourth-order valence-corrected chi connectivity index (χ4v) is 3.82. The summed E-state index contributed by atoms with van der Waals surface area (Å²) in [5.41, 5.74) is 1.92. The summed E-state index contributed by atoms with van der Waals surface area (Å²) in [5.74, 6) is 1.47. The summed E-state index contributed by atoms with van der Waals surface area (Å²) in [6.45, 7) is 4.60. The minimum Gasteiger partial charge on any atom is -0.457 e. The summed E-state index contributed by atoms with van der Waals surface area (Å²) < 4.78 is 5.97. The molecule has 5 rings (SSSR count). The van der Waals surface area contributed by atoms with Crippen LogP contribution in [-0.4, -0.2) is 36.5 Å². The van der Waals surface area contributed by atoms with E-state index >= 15 is 0 Å². The van der Waals surface area contributed by atoms with E-state index in [0.29, 0.717) is 6.04 Å². The SMILES string of the molecule is CCNC1CN(C(=O)C2c3ccccc3Oc3ccccc32)C1.c1ccccc1. The van der Waals surface area contributed by atoms with Crippen molar-refractivity contribution >= 4 is 5.91 Å². The van der Waals surface area contributed by atoms with Crippen molar-refractivity contribution in [3.63, 3.8) is 0 Å². The minimum atomic E-state index is -0.265. The molecule has 0 radical (unpaired) electrons. The van der Waals surface area contributed by atoms with Crippen LogP contribution in [0.25, 0.3) is 0 Å². The van der Waals surface area contributed by atoms with Crippen molar-refractivity contribution in [2.24, 2.45) is 0 Å². The van der Waals surface area contributed by atoms with Crippen molar-refractivity contribution in [1.29, 1.82) is 0 Å². The zero-order valence-electron chi connectivity index (χ0n) is 16.6. The number of carbonyl (C=O) groups excluding carboxylic acids is 1. The molecule has 4 heteroatoms. The molecule has 3 aromatic carbocycles. The molecule has 29 heavy (non-hydrogen) atoms. The number of likely N-dealkylation sites (tertiary alicyclic amines) is 1. The lowest BCUT2D eigenvalue weighted by Crippen LogP contribution is -2.60. The highest BCUT2D eigenvalue weighted by molar-refractivity contribution is 5.90. The number of fused-ring (bicyclic) bond motifs is 2. The topological polar surface area (TPSA) is 41.6 Å². The van der Waals surface area contributed by atoms with Crippen LogP contribution >= 0.6 is 0 Å². The maximum atomic E-state index is 13.1. The van der Waals surface area contributed by atoms with E-state index in [4.69, 9.17) is 4.74 Å². The standard InChI is InChI=1S/C19H20N2O2.C6H6/c1-2-20-13-11-21(12-13)19(22)18-14-7-3-5-9-16(14)23-17-10-6-4-8-15(17)18;1-2-4-6-5-3-1/h3-10,13,18,20H,2,11-12H2,1H3;1-6H. The van der Waals surface area contributed by atoms with Gasteiger partial charge >= 0.3 is 0 Å². The van der Waals surface area contributed by atoms with Crippen LogP contribution in [0, 0.1) is 0 Å². The van der Waals surface area contributed by atoms with Gasteiger partial charge in [0.25, 0.3) is 0 Å². The van der Waals surface area contributed by atoms with Crippen molar-refractivity contribution in [3.8, 4) is 11.5 Å². The summed E-state index contributed by atoms with van der Waals surface area (Å²) >= 11 is 0. The molecule has 0 spiro atoms. The number of benzene rings is 3. The fourth-order valence-electron chi connectivity index (χ4n) is 3.82. The van der Waals surface area contributed by atoms with Crippen LogP contribution in [-0.2, 0) is 4.79 Å². The van der Waals surface area contributed by atoms with Crippen LogP contribution in [0.15, 0.2) is 84.9 Å². The summed E-state index contributed by atoms with van der Waals surface area (Å²) in [6, 6.07) is 28.1. The monoisotopic (exact) mass is 386 g/mol. The largest absolute Gasteiger partial charge is 0.457 e. The number of hydrogen-bond donors (Lipinski definition) is 1. The summed E-state index contributed by atoms with van der Waals surface area (Å²) in [7, 11) is 0. The average molecular weight is 386 g/mol. The van der Waals surface area contributed by atoms with E-state index in [9.17, 15) is 4.79 Å². The van der Waals surface area contributed by atoms with Crippen molar-refractivity contribution in [2.75, 3.05) is 19.6 Å². The Balaban J connectivity index is 0.000000294. The van der Waals surface area contributed by atoms with Gasteiger partial charge < -0.3 is 15.0 Å². The van der Waals surface area contributed by atoms with Crippen LogP contribution in [0.5, 0.6) is 11.5 Å². The lowest BCUT2D eigenvalue weighted by atomic mass is 9.86. The lowest BCUT2D eigenvalue weighted by molar-refractivity contribution is -0.136. The molecule has 2 aliphatic heterocycles. The van der Waals surface area contributed by atoms with Gasteiger partial charge in [-0.05, 0) is 18.7 Å². The Labute approximate surface area is 172 Å². The third-order valence-electron chi connectivity index (χ3n) is 5.28. The van der Waals surface area contributed by atoms with Gasteiger partial charge in [-0.15, -0.1) is 0 Å². The number of nitrogens with zero attached hydrogens (tertiary/aromatic N) is 1. The fraction of sp³-hybridized carbons (Fsp3) is 0.240. The van der Waals surface area contributed by atoms with Crippen LogP contribution in [0.1, 0.15) is 24.0 Å². The normalized spacial score (nSPS) is 15.1. The molecule has 1 amide bonds. The summed E-state index contributed by atoms with van der Waals surface area (Å²) in [6.07, 6.45) is 0.